The second-order valence-corrected chi connectivity index (χ2v) is 12.8. The lowest BCUT2D eigenvalue weighted by Crippen LogP contribution is -2.66. The normalized spacial score (nSPS) is 36.4. The average molecular weight is 757 g/mol. The molecule has 5 rings (SSSR count). The van der Waals surface area contributed by atoms with E-state index in [-0.39, 0.29) is 30.3 Å². The molecule has 11 N–H and O–H groups in total. The number of carbonyl (C=O) groups excluding carboxylic acids is 1. The number of aliphatic hydroxyl groups is 7. The molecular formula is C34H44O19. The van der Waals surface area contributed by atoms with Gasteiger partial charge in [-0.1, -0.05) is 12.1 Å². The largest absolute Gasteiger partial charge is 0.504 e. The summed E-state index contributed by atoms with van der Waals surface area (Å²) < 4.78 is 40.1. The van der Waals surface area contributed by atoms with Crippen LogP contribution in [-0.4, -0.2) is 168 Å². The molecule has 53 heavy (non-hydrogen) atoms. The molecule has 0 bridgehead atoms. The molecule has 0 aromatic heterocycles. The maximum atomic E-state index is 13.1. The lowest BCUT2D eigenvalue weighted by molar-refractivity contribution is -0.381. The highest BCUT2D eigenvalue weighted by molar-refractivity contribution is 5.87. The fourth-order valence-electron chi connectivity index (χ4n) is 5.94. The summed E-state index contributed by atoms with van der Waals surface area (Å²) in [6.45, 7) is -0.0224. The molecule has 3 heterocycles. The Labute approximate surface area is 302 Å². The average Bonchev–Trinajstić information content (AvgIpc) is 3.13. The molecule has 19 heteroatoms. The molecule has 14 unspecified atom stereocenters. The van der Waals surface area contributed by atoms with Crippen molar-refractivity contribution in [2.75, 3.05) is 19.8 Å². The first-order valence-corrected chi connectivity index (χ1v) is 16.6. The number of esters is 1. The Bertz CT molecular complexity index is 1560. The van der Waals surface area contributed by atoms with E-state index in [4.69, 9.17) is 33.2 Å². The number of ether oxygens (including phenoxy) is 7. The highest BCUT2D eigenvalue weighted by Crippen LogP contribution is 2.34. The lowest BCUT2D eigenvalue weighted by atomic mass is 9.96. The summed E-state index contributed by atoms with van der Waals surface area (Å²) in [6.07, 6.45) is -20.3. The minimum atomic E-state index is -1.82. The summed E-state index contributed by atoms with van der Waals surface area (Å²) in [7, 11) is 0. The van der Waals surface area contributed by atoms with E-state index in [0.29, 0.717) is 11.1 Å². The van der Waals surface area contributed by atoms with Crippen LogP contribution in [0.15, 0.2) is 42.5 Å². The summed E-state index contributed by atoms with van der Waals surface area (Å²) in [5.74, 6) is -2.58. The van der Waals surface area contributed by atoms with Crippen molar-refractivity contribution in [3.8, 4) is 23.0 Å². The molecule has 3 saturated heterocycles. The van der Waals surface area contributed by atoms with Gasteiger partial charge in [0.1, 0.15) is 54.9 Å². The molecule has 294 valence electrons. The molecular weight excluding hydrogens is 712 g/mol. The molecule has 0 radical (unpaired) electrons. The summed E-state index contributed by atoms with van der Waals surface area (Å²) >= 11 is 0. The number of phenols is 4. The zero-order chi connectivity index (χ0) is 38.6. The van der Waals surface area contributed by atoms with E-state index in [1.54, 1.807) is 0 Å². The van der Waals surface area contributed by atoms with Gasteiger partial charge >= 0.3 is 5.97 Å². The molecule has 0 aliphatic carbocycles. The predicted molar refractivity (Wildman–Crippen MR) is 174 cm³/mol. The van der Waals surface area contributed by atoms with Crippen LogP contribution in [0.4, 0.5) is 0 Å². The Hall–Kier alpha value is -3.67. The minimum Gasteiger partial charge on any atom is -0.504 e. The van der Waals surface area contributed by atoms with Crippen molar-refractivity contribution in [1.29, 1.82) is 0 Å². The predicted octanol–water partition coefficient (Wildman–Crippen LogP) is -2.55. The first-order chi connectivity index (χ1) is 25.2. The van der Waals surface area contributed by atoms with E-state index in [2.05, 4.69) is 0 Å². The van der Waals surface area contributed by atoms with Crippen LogP contribution in [-0.2, 0) is 44.4 Å². The second kappa shape index (κ2) is 17.6. The van der Waals surface area contributed by atoms with Gasteiger partial charge in [-0.3, -0.25) is 0 Å². The second-order valence-electron chi connectivity index (χ2n) is 12.8. The Morgan fingerprint density at radius 2 is 1.43 bits per heavy atom. The zero-order valence-electron chi connectivity index (χ0n) is 28.2. The Balaban J connectivity index is 1.39. The van der Waals surface area contributed by atoms with Gasteiger partial charge < -0.3 is 89.3 Å². The van der Waals surface area contributed by atoms with E-state index < -0.39 is 111 Å². The quantitative estimate of drug-likeness (QED) is 0.0603. The third-order valence-electron chi connectivity index (χ3n) is 8.99. The van der Waals surface area contributed by atoms with E-state index >= 15 is 0 Å². The van der Waals surface area contributed by atoms with Crippen LogP contribution in [0.5, 0.6) is 23.0 Å². The lowest BCUT2D eigenvalue weighted by Gasteiger charge is -2.48. The van der Waals surface area contributed by atoms with Crippen molar-refractivity contribution in [3.05, 3.63) is 53.6 Å². The van der Waals surface area contributed by atoms with Crippen molar-refractivity contribution in [1.82, 2.24) is 0 Å². The molecule has 0 amide bonds. The van der Waals surface area contributed by atoms with E-state index in [1.807, 2.05) is 0 Å². The van der Waals surface area contributed by atoms with Crippen LogP contribution in [0.1, 0.15) is 18.1 Å². The Morgan fingerprint density at radius 1 is 0.755 bits per heavy atom. The van der Waals surface area contributed by atoms with Crippen LogP contribution >= 0.6 is 0 Å². The number of aromatic hydroxyl groups is 4. The minimum absolute atomic E-state index is 0.137. The number of aliphatic hydroxyl groups excluding tert-OH is 7. The molecule has 2 aromatic rings. The molecule has 2 aromatic carbocycles. The zero-order valence-corrected chi connectivity index (χ0v) is 28.2. The Kier molecular flexibility index (Phi) is 13.5. The van der Waals surface area contributed by atoms with Crippen LogP contribution in [0.3, 0.4) is 0 Å². The third kappa shape index (κ3) is 9.53. The van der Waals surface area contributed by atoms with Gasteiger partial charge in [0.2, 0.25) is 0 Å². The molecule has 0 saturated carbocycles. The maximum absolute atomic E-state index is 13.1. The number of hydrogen-bond donors (Lipinski definition) is 11. The van der Waals surface area contributed by atoms with E-state index in [9.17, 15) is 61.0 Å². The Morgan fingerprint density at radius 3 is 2.11 bits per heavy atom. The molecule has 14 atom stereocenters. The third-order valence-corrected chi connectivity index (χ3v) is 8.99. The van der Waals surface area contributed by atoms with Gasteiger partial charge in [0, 0.05) is 6.08 Å². The first kappa shape index (κ1) is 40.5. The molecule has 3 fully saturated rings. The summed E-state index contributed by atoms with van der Waals surface area (Å²) in [4.78, 5) is 13.1. The maximum Gasteiger partial charge on any atom is 0.331 e. The number of carbonyl (C=O) groups is 1. The van der Waals surface area contributed by atoms with Crippen LogP contribution in [0.2, 0.25) is 0 Å². The van der Waals surface area contributed by atoms with Gasteiger partial charge in [-0.2, -0.15) is 0 Å². The van der Waals surface area contributed by atoms with Crippen LogP contribution < -0.4 is 0 Å². The fraction of sp³-hybridized carbons (Fsp3) is 0.559. The number of benzene rings is 2. The standard InChI is InChI=1S/C34H44O19/c1-14-24(42)26(44)31(53-32-27(45)25(43)21(40)13-48-32)34(49-14)52-30-28(46)33(47-9-8-16-3-6-18(37)20(39)11-16)50-22(12-35)29(30)51-23(41)7-4-15-2-5-17(36)19(38)10-15/h2-7,10-11,14,21-22,24-40,42-46H,8-9,12-13H2,1H3/b7-4-. The van der Waals surface area contributed by atoms with Crippen LogP contribution in [0.25, 0.3) is 6.08 Å². The molecule has 19 nitrogen and oxygen atoms in total. The number of rotatable bonds is 12. The van der Waals surface area contributed by atoms with Crippen molar-refractivity contribution >= 4 is 12.0 Å². The van der Waals surface area contributed by atoms with Crippen molar-refractivity contribution < 1.29 is 94.1 Å². The SMILES string of the molecule is CC1OC(OC2C(O)C(OCCc3ccc(O)c(O)c3)OC(CO)C2OC(=O)/C=C\c2ccc(O)c(O)c2)C(OC2OCC(O)C(O)C2O)C(O)C1O. The van der Waals surface area contributed by atoms with Gasteiger partial charge in [0.25, 0.3) is 0 Å². The van der Waals surface area contributed by atoms with E-state index in [0.717, 1.165) is 6.08 Å². The topological polar surface area (TPSA) is 304 Å². The van der Waals surface area contributed by atoms with Crippen molar-refractivity contribution in [2.24, 2.45) is 0 Å². The van der Waals surface area contributed by atoms with Gasteiger partial charge in [0.05, 0.1) is 25.9 Å². The van der Waals surface area contributed by atoms with Crippen molar-refractivity contribution in [2.45, 2.75) is 99.4 Å². The summed E-state index contributed by atoms with van der Waals surface area (Å²) in [5, 5.41) is 113. The molecule has 3 aliphatic heterocycles. The highest BCUT2D eigenvalue weighted by Gasteiger charge is 2.54. The van der Waals surface area contributed by atoms with E-state index in [1.165, 1.54) is 49.4 Å². The fourth-order valence-corrected chi connectivity index (χ4v) is 5.94. The van der Waals surface area contributed by atoms with Crippen molar-refractivity contribution in [3.63, 3.8) is 0 Å². The van der Waals surface area contributed by atoms with Crippen LogP contribution in [0, 0.1) is 0 Å². The van der Waals surface area contributed by atoms with Gasteiger partial charge in [-0.15, -0.1) is 0 Å². The first-order valence-electron chi connectivity index (χ1n) is 16.6. The highest BCUT2D eigenvalue weighted by atomic mass is 16.8. The molecule has 0 spiro atoms. The number of hydrogen-bond acceptors (Lipinski definition) is 19. The number of phenolic OH excluding ortho intramolecular Hbond substituents is 4. The monoisotopic (exact) mass is 756 g/mol. The van der Waals surface area contributed by atoms with Gasteiger partial charge in [-0.25, -0.2) is 4.79 Å². The van der Waals surface area contributed by atoms with Gasteiger partial charge in [-0.05, 0) is 54.8 Å². The molecule has 3 aliphatic rings. The summed E-state index contributed by atoms with van der Waals surface area (Å²) in [5.41, 5.74) is 0.834. The van der Waals surface area contributed by atoms with Gasteiger partial charge in [0.15, 0.2) is 48.0 Å². The summed E-state index contributed by atoms with van der Waals surface area (Å²) in [6, 6.07) is 7.85. The smallest absolute Gasteiger partial charge is 0.331 e.